The van der Waals surface area contributed by atoms with Crippen LogP contribution in [0.1, 0.15) is 62.5 Å². The van der Waals surface area contributed by atoms with Gasteiger partial charge in [0.25, 0.3) is 0 Å². The Morgan fingerprint density at radius 3 is 2.74 bits per heavy atom. The lowest BCUT2D eigenvalue weighted by Gasteiger charge is -2.30. The number of fused-ring (bicyclic) bond motifs is 8. The van der Waals surface area contributed by atoms with Gasteiger partial charge in [0.2, 0.25) is 0 Å². The minimum Gasteiger partial charge on any atom is -0.396 e. The molecule has 46 heavy (non-hydrogen) atoms. The molecule has 6 nitrogen and oxygen atoms in total. The van der Waals surface area contributed by atoms with Crippen LogP contribution in [0.2, 0.25) is 0 Å². The van der Waals surface area contributed by atoms with Crippen molar-refractivity contribution in [2.75, 3.05) is 18.1 Å². The van der Waals surface area contributed by atoms with E-state index in [0.29, 0.717) is 28.5 Å². The van der Waals surface area contributed by atoms with Crippen LogP contribution < -0.4 is 4.94 Å². The van der Waals surface area contributed by atoms with E-state index in [4.69, 9.17) is 10.1 Å². The number of halogens is 2. The Balaban J connectivity index is 1.49. The second-order valence-corrected chi connectivity index (χ2v) is 15.3. The van der Waals surface area contributed by atoms with Crippen molar-refractivity contribution in [1.82, 2.24) is 19.7 Å². The van der Waals surface area contributed by atoms with Crippen LogP contribution in [0, 0.1) is 11.2 Å². The predicted octanol–water partition coefficient (Wildman–Crippen LogP) is 8.84. The van der Waals surface area contributed by atoms with Gasteiger partial charge in [0.1, 0.15) is 5.82 Å². The first-order valence-electron chi connectivity index (χ1n) is 15.7. The van der Waals surface area contributed by atoms with Crippen molar-refractivity contribution in [2.45, 2.75) is 68.1 Å². The number of aryl methyl sites for hydroxylation is 2. The molecule has 242 valence electrons. The number of hydrogen-bond donors (Lipinski definition) is 2. The maximum absolute atomic E-state index is 15.6. The van der Waals surface area contributed by atoms with E-state index in [0.717, 1.165) is 69.7 Å². The number of hydrogen-bond acceptors (Lipinski definition) is 6. The average molecular weight is 663 g/mol. The summed E-state index contributed by atoms with van der Waals surface area (Å²) in [6, 6.07) is 16.9. The summed E-state index contributed by atoms with van der Waals surface area (Å²) in [6.45, 7) is 6.87. The molecule has 2 aromatic heterocycles. The number of nitrogens with one attached hydrogen (secondary N) is 1. The third-order valence-electron chi connectivity index (χ3n) is 9.10. The monoisotopic (exact) mass is 662 g/mol. The van der Waals surface area contributed by atoms with Gasteiger partial charge in [0, 0.05) is 46.2 Å². The molecule has 0 aliphatic carbocycles. The van der Waals surface area contributed by atoms with Crippen molar-refractivity contribution < 1.29 is 19.0 Å². The van der Waals surface area contributed by atoms with E-state index < -0.39 is 11.2 Å². The van der Waals surface area contributed by atoms with E-state index in [1.165, 1.54) is 17.8 Å². The Bertz CT molecular complexity index is 1850. The Morgan fingerprint density at radius 1 is 1.09 bits per heavy atom. The summed E-state index contributed by atoms with van der Waals surface area (Å²) in [5.74, 6) is 2.64. The second kappa shape index (κ2) is 13.4. The second-order valence-electron chi connectivity index (χ2n) is 13.2. The first-order valence-corrected chi connectivity index (χ1v) is 17.7. The van der Waals surface area contributed by atoms with Gasteiger partial charge in [-0.1, -0.05) is 56.3 Å². The van der Waals surface area contributed by atoms with E-state index in [9.17, 15) is 9.63 Å². The molecule has 1 aliphatic heterocycles. The fourth-order valence-electron chi connectivity index (χ4n) is 6.46. The first kappa shape index (κ1) is 32.6. The summed E-state index contributed by atoms with van der Waals surface area (Å²) in [5.41, 5.74) is 3.83. The minimum atomic E-state index is -0.535. The van der Waals surface area contributed by atoms with Crippen LogP contribution in [0.15, 0.2) is 70.6 Å². The molecular formula is C36H40F2N4O2S2. The van der Waals surface area contributed by atoms with Gasteiger partial charge in [-0.3, -0.25) is 4.94 Å². The summed E-state index contributed by atoms with van der Waals surface area (Å²) >= 11 is 3.28. The summed E-state index contributed by atoms with van der Waals surface area (Å²) in [6.07, 6.45) is 5.94. The Hall–Kier alpha value is -3.34. The lowest BCUT2D eigenvalue weighted by molar-refractivity contribution is -0.00955. The molecule has 2 N–H and O–H groups in total. The van der Waals surface area contributed by atoms with E-state index in [2.05, 4.69) is 42.8 Å². The zero-order chi connectivity index (χ0) is 32.5. The summed E-state index contributed by atoms with van der Waals surface area (Å²) < 4.78 is 31.3. The topological polar surface area (TPSA) is 76.0 Å². The number of nitrogens with zero attached hydrogens (tertiary/aromatic N) is 3. The van der Waals surface area contributed by atoms with Gasteiger partial charge in [-0.05, 0) is 90.5 Å². The number of aliphatic hydroxyl groups is 1. The largest absolute Gasteiger partial charge is 0.396 e. The van der Waals surface area contributed by atoms with Gasteiger partial charge in [0.15, 0.2) is 17.4 Å². The molecule has 0 amide bonds. The summed E-state index contributed by atoms with van der Waals surface area (Å²) in [4.78, 5) is 14.1. The molecule has 0 saturated carbocycles. The van der Waals surface area contributed by atoms with Gasteiger partial charge < -0.3 is 10.1 Å². The number of aliphatic hydroxyl groups excluding tert-OH is 1. The van der Waals surface area contributed by atoms with Gasteiger partial charge in [-0.15, -0.1) is 0 Å². The van der Waals surface area contributed by atoms with Crippen molar-refractivity contribution >= 4 is 34.4 Å². The smallest absolute Gasteiger partial charge is 0.188 e. The molecule has 3 aromatic carbocycles. The Labute approximate surface area is 277 Å². The van der Waals surface area contributed by atoms with Crippen LogP contribution in [-0.4, -0.2) is 43.0 Å². The predicted molar refractivity (Wildman–Crippen MR) is 183 cm³/mol. The number of benzene rings is 3. The zero-order valence-electron chi connectivity index (χ0n) is 26.7. The normalized spacial score (nSPS) is 18.9. The van der Waals surface area contributed by atoms with Crippen LogP contribution in [0.25, 0.3) is 22.3 Å². The van der Waals surface area contributed by atoms with Crippen LogP contribution in [-0.2, 0) is 25.3 Å². The van der Waals surface area contributed by atoms with Crippen molar-refractivity contribution in [3.63, 3.8) is 0 Å². The van der Waals surface area contributed by atoms with Crippen molar-refractivity contribution in [3.8, 4) is 17.1 Å². The standard InChI is InChI=1S/C36H40F2N4O2S2/c1-35(2)14-6-15-36(3,24-8-5-7-23(19-24)12-17-43)34-40-33(42(4)41-34)28-20-25(9-10-29(28)37)46-32-27(13-18-45-22-35)26-11-16-39-30(26)21-31(32)44-38/h5,7-11,16,19-21,39,43H,6,12-15,17-18,22H2,1-4H3/t36-/m1/s1. The summed E-state index contributed by atoms with van der Waals surface area (Å²) in [5, 5.41) is 15.5. The number of H-pyrrole nitrogens is 1. The van der Waals surface area contributed by atoms with Crippen molar-refractivity contribution in [2.24, 2.45) is 12.5 Å². The van der Waals surface area contributed by atoms with E-state index in [1.807, 2.05) is 36.2 Å². The van der Waals surface area contributed by atoms with Crippen molar-refractivity contribution in [1.29, 1.82) is 0 Å². The number of rotatable bonds is 4. The number of thioether (sulfide) groups is 1. The Morgan fingerprint density at radius 2 is 1.93 bits per heavy atom. The molecule has 3 heterocycles. The van der Waals surface area contributed by atoms with Gasteiger partial charge >= 0.3 is 0 Å². The lowest BCUT2D eigenvalue weighted by atomic mass is 9.75. The molecule has 0 radical (unpaired) electrons. The fraction of sp³-hybridized carbons (Fsp3) is 0.389. The van der Waals surface area contributed by atoms with Crippen LogP contribution in [0.5, 0.6) is 5.75 Å². The molecular weight excluding hydrogens is 623 g/mol. The highest BCUT2D eigenvalue weighted by atomic mass is 32.2. The molecule has 0 fully saturated rings. The molecule has 6 rings (SSSR count). The van der Waals surface area contributed by atoms with Crippen LogP contribution in [0.4, 0.5) is 8.92 Å². The fourth-order valence-corrected chi connectivity index (χ4v) is 8.72. The minimum absolute atomic E-state index is 0.0745. The third kappa shape index (κ3) is 6.57. The molecule has 0 unspecified atom stereocenters. The van der Waals surface area contributed by atoms with Crippen molar-refractivity contribution in [3.05, 3.63) is 89.1 Å². The molecule has 0 saturated heterocycles. The van der Waals surface area contributed by atoms with E-state index >= 15 is 4.39 Å². The lowest BCUT2D eigenvalue weighted by Crippen LogP contribution is -2.27. The van der Waals surface area contributed by atoms with Crippen LogP contribution in [0.3, 0.4) is 0 Å². The maximum Gasteiger partial charge on any atom is 0.188 e. The van der Waals surface area contributed by atoms with Crippen LogP contribution >= 0.6 is 23.5 Å². The van der Waals surface area contributed by atoms with E-state index in [1.54, 1.807) is 29.9 Å². The average Bonchev–Trinajstić information content (AvgIpc) is 3.67. The third-order valence-corrected chi connectivity index (χ3v) is 11.7. The first-order chi connectivity index (χ1) is 22.1. The molecule has 1 aliphatic rings. The van der Waals surface area contributed by atoms with Gasteiger partial charge in [-0.2, -0.15) is 16.9 Å². The molecule has 5 aromatic rings. The Kier molecular flexibility index (Phi) is 9.50. The molecule has 10 heteroatoms. The molecule has 0 spiro atoms. The number of aromatic amines is 1. The zero-order valence-corrected chi connectivity index (χ0v) is 28.3. The SMILES string of the molecule is Cn1nc2nc1-c1cc(ccc1F)Sc1c(OF)cc3[nH]ccc3c1CCSCC(C)(C)CCC[C@]2(C)c1cccc(CCO)c1. The quantitative estimate of drug-likeness (QED) is 0.200. The number of aromatic nitrogens is 4. The summed E-state index contributed by atoms with van der Waals surface area (Å²) in [7, 11) is 1.80. The van der Waals surface area contributed by atoms with E-state index in [-0.39, 0.29) is 17.8 Å². The molecule has 1 atom stereocenters. The highest BCUT2D eigenvalue weighted by molar-refractivity contribution is 7.99. The van der Waals surface area contributed by atoms with Gasteiger partial charge in [0.05, 0.1) is 15.9 Å². The highest BCUT2D eigenvalue weighted by Crippen LogP contribution is 2.44. The maximum atomic E-state index is 15.6. The van der Waals surface area contributed by atoms with Gasteiger partial charge in [-0.25, -0.2) is 14.1 Å². The molecule has 4 bridgehead atoms. The highest BCUT2D eigenvalue weighted by Gasteiger charge is 2.35.